The van der Waals surface area contributed by atoms with Gasteiger partial charge in [-0.3, -0.25) is 4.79 Å². The quantitative estimate of drug-likeness (QED) is 0.362. The summed E-state index contributed by atoms with van der Waals surface area (Å²) in [7, 11) is 0. The third-order valence-electron chi connectivity index (χ3n) is 2.87. The third-order valence-corrected chi connectivity index (χ3v) is 6.28. The van der Waals surface area contributed by atoms with Crippen LogP contribution in [0.3, 0.4) is 0 Å². The first-order valence-corrected chi connectivity index (χ1v) is 9.54. The van der Waals surface area contributed by atoms with E-state index in [2.05, 4.69) is 5.10 Å². The fraction of sp³-hybridized carbons (Fsp3) is 0.133. The average molecular weight is 365 g/mol. The Morgan fingerprint density at radius 1 is 1.23 bits per heavy atom. The Morgan fingerprint density at radius 3 is 2.68 bits per heavy atom. The molecule has 0 amide bonds. The van der Waals surface area contributed by atoms with Crippen LogP contribution in [0.1, 0.15) is 14.5 Å². The zero-order valence-corrected chi connectivity index (χ0v) is 15.0. The summed E-state index contributed by atoms with van der Waals surface area (Å²) in [5, 5.41) is 4.50. The van der Waals surface area contributed by atoms with Crippen molar-refractivity contribution in [2.24, 2.45) is 0 Å². The van der Waals surface area contributed by atoms with Crippen molar-refractivity contribution in [2.75, 3.05) is 5.75 Å². The lowest BCUT2D eigenvalue weighted by Crippen LogP contribution is -2.00. The Hall–Kier alpha value is -1.28. The van der Waals surface area contributed by atoms with Crippen LogP contribution in [0.5, 0.6) is 0 Å². The second kappa shape index (κ2) is 6.87. The van der Waals surface area contributed by atoms with E-state index in [0.29, 0.717) is 9.71 Å². The summed E-state index contributed by atoms with van der Waals surface area (Å²) < 4.78 is 3.24. The Bertz CT molecular complexity index is 848. The molecule has 3 nitrogen and oxygen atoms in total. The van der Waals surface area contributed by atoms with E-state index in [-0.39, 0.29) is 5.78 Å². The van der Waals surface area contributed by atoms with E-state index < -0.39 is 0 Å². The van der Waals surface area contributed by atoms with E-state index in [1.807, 2.05) is 49.4 Å². The number of aryl methyl sites for hydroxylation is 1. The molecule has 1 aromatic carbocycles. The lowest BCUT2D eigenvalue weighted by molar-refractivity contribution is 0.102. The van der Waals surface area contributed by atoms with Crippen molar-refractivity contribution < 1.29 is 4.79 Å². The average Bonchev–Trinajstić information content (AvgIpc) is 3.12. The number of thioether (sulfide) groups is 1. The number of ketones is 1. The first kappa shape index (κ1) is 15.6. The van der Waals surface area contributed by atoms with Crippen LogP contribution in [-0.2, 0) is 0 Å². The molecule has 0 aliphatic carbocycles. The van der Waals surface area contributed by atoms with Gasteiger partial charge < -0.3 is 0 Å². The number of Topliss-reactive ketones (excluding diaryl/α,β-unsaturated/α-hetero) is 1. The van der Waals surface area contributed by atoms with E-state index in [1.165, 1.54) is 34.4 Å². The zero-order valence-electron chi connectivity index (χ0n) is 11.7. The van der Waals surface area contributed by atoms with Crippen molar-refractivity contribution in [2.45, 2.75) is 11.3 Å². The number of carbonyl (C=O) groups excluding carboxylic acids is 1. The van der Waals surface area contributed by atoms with E-state index in [1.54, 1.807) is 4.68 Å². The highest BCUT2D eigenvalue weighted by atomic mass is 32.2. The number of para-hydroxylation sites is 1. The monoisotopic (exact) mass is 364 g/mol. The zero-order chi connectivity index (χ0) is 15.5. The maximum Gasteiger partial charge on any atom is 0.184 e. The van der Waals surface area contributed by atoms with Gasteiger partial charge in [-0.2, -0.15) is 0 Å². The molecule has 112 valence electrons. The predicted octanol–water partition coefficient (Wildman–Crippen LogP) is 5.01. The number of hydrogen-bond donors (Lipinski definition) is 0. The highest BCUT2D eigenvalue weighted by Gasteiger charge is 2.12. The molecule has 0 bridgehead atoms. The van der Waals surface area contributed by atoms with Gasteiger partial charge in [-0.15, -0.1) is 16.4 Å². The van der Waals surface area contributed by atoms with E-state index in [4.69, 9.17) is 12.2 Å². The van der Waals surface area contributed by atoms with Gasteiger partial charge in [0.2, 0.25) is 0 Å². The highest BCUT2D eigenvalue weighted by molar-refractivity contribution is 8.01. The van der Waals surface area contributed by atoms with Crippen molar-refractivity contribution in [3.63, 3.8) is 0 Å². The van der Waals surface area contributed by atoms with Crippen LogP contribution in [0.4, 0.5) is 0 Å². The predicted molar refractivity (Wildman–Crippen MR) is 96.4 cm³/mol. The molecule has 22 heavy (non-hydrogen) atoms. The molecule has 0 aliphatic heterocycles. The molecule has 7 heteroatoms. The van der Waals surface area contributed by atoms with Crippen LogP contribution < -0.4 is 0 Å². The van der Waals surface area contributed by atoms with Gasteiger partial charge in [0.15, 0.2) is 14.1 Å². The third kappa shape index (κ3) is 3.55. The fourth-order valence-corrected chi connectivity index (χ4v) is 4.98. The number of rotatable bonds is 5. The topological polar surface area (TPSA) is 34.9 Å². The van der Waals surface area contributed by atoms with E-state index in [0.717, 1.165) is 19.8 Å². The molecule has 0 N–H and O–H groups in total. The smallest absolute Gasteiger partial charge is 0.184 e. The number of aromatic nitrogens is 2. The van der Waals surface area contributed by atoms with Gasteiger partial charge >= 0.3 is 0 Å². The van der Waals surface area contributed by atoms with Crippen molar-refractivity contribution in [3.8, 4) is 5.69 Å². The largest absolute Gasteiger partial charge is 0.292 e. The molecule has 0 saturated carbocycles. The summed E-state index contributed by atoms with van der Waals surface area (Å²) in [6.07, 6.45) is 0. The van der Waals surface area contributed by atoms with E-state index in [9.17, 15) is 4.79 Å². The summed E-state index contributed by atoms with van der Waals surface area (Å²) in [4.78, 5) is 14.1. The van der Waals surface area contributed by atoms with Gasteiger partial charge in [-0.1, -0.05) is 41.3 Å². The summed E-state index contributed by atoms with van der Waals surface area (Å²) in [5.74, 6) is 0.521. The first-order chi connectivity index (χ1) is 10.6. The Kier molecular flexibility index (Phi) is 4.87. The maximum atomic E-state index is 12.1. The molecular weight excluding hydrogens is 352 g/mol. The minimum Gasteiger partial charge on any atom is -0.292 e. The highest BCUT2D eigenvalue weighted by Crippen LogP contribution is 2.26. The second-order valence-corrected chi connectivity index (χ2v) is 8.64. The normalized spacial score (nSPS) is 10.8. The Balaban J connectivity index is 1.72. The minimum atomic E-state index is 0.135. The maximum absolute atomic E-state index is 12.1. The van der Waals surface area contributed by atoms with Crippen LogP contribution in [0, 0.1) is 10.9 Å². The SMILES string of the molecule is Cc1ccc(C(=O)CSc2nn(-c3ccccc3)c(=S)s2)s1. The molecule has 2 aromatic heterocycles. The molecule has 3 aromatic rings. The van der Waals surface area contributed by atoms with Crippen LogP contribution in [0.25, 0.3) is 5.69 Å². The van der Waals surface area contributed by atoms with Gasteiger partial charge in [-0.05, 0) is 43.4 Å². The number of benzene rings is 1. The van der Waals surface area contributed by atoms with Gasteiger partial charge in [0.05, 0.1) is 16.3 Å². The van der Waals surface area contributed by atoms with Crippen LogP contribution in [0.2, 0.25) is 0 Å². The number of carbonyl (C=O) groups is 1. The summed E-state index contributed by atoms with van der Waals surface area (Å²) >= 11 is 9.76. The van der Waals surface area contributed by atoms with Crippen molar-refractivity contribution in [3.05, 3.63) is 56.2 Å². The Morgan fingerprint density at radius 2 is 2.00 bits per heavy atom. The second-order valence-electron chi connectivity index (χ2n) is 4.50. The molecule has 0 atom stereocenters. The Labute approximate surface area is 145 Å². The summed E-state index contributed by atoms with van der Waals surface area (Å²) in [5.41, 5.74) is 0.941. The van der Waals surface area contributed by atoms with Crippen LogP contribution >= 0.6 is 46.7 Å². The molecule has 0 fully saturated rings. The van der Waals surface area contributed by atoms with Gasteiger partial charge in [0.25, 0.3) is 0 Å². The number of thiophene rings is 1. The van der Waals surface area contributed by atoms with E-state index >= 15 is 0 Å². The molecule has 0 radical (unpaired) electrons. The molecular formula is C15H12N2OS4. The van der Waals surface area contributed by atoms with Crippen molar-refractivity contribution in [1.82, 2.24) is 9.78 Å². The molecule has 0 aliphatic rings. The molecule has 0 unspecified atom stereocenters. The standard InChI is InChI=1S/C15H12N2OS4/c1-10-7-8-13(21-10)12(18)9-20-14-16-17(15(19)22-14)11-5-3-2-4-6-11/h2-8H,9H2,1H3. The van der Waals surface area contributed by atoms with Gasteiger partial charge in [-0.25, -0.2) is 4.68 Å². The van der Waals surface area contributed by atoms with Crippen molar-refractivity contribution in [1.29, 1.82) is 0 Å². The molecule has 0 spiro atoms. The van der Waals surface area contributed by atoms with Crippen molar-refractivity contribution >= 4 is 52.4 Å². The van der Waals surface area contributed by atoms with Crippen LogP contribution in [0.15, 0.2) is 46.8 Å². The summed E-state index contributed by atoms with van der Waals surface area (Å²) in [6, 6.07) is 13.6. The number of nitrogens with zero attached hydrogens (tertiary/aromatic N) is 2. The fourth-order valence-electron chi connectivity index (χ4n) is 1.83. The summed E-state index contributed by atoms with van der Waals surface area (Å²) in [6.45, 7) is 2.00. The van der Waals surface area contributed by atoms with Gasteiger partial charge in [0.1, 0.15) is 0 Å². The van der Waals surface area contributed by atoms with Crippen LogP contribution in [-0.4, -0.2) is 21.3 Å². The molecule has 2 heterocycles. The lowest BCUT2D eigenvalue weighted by Gasteiger charge is -1.99. The van der Waals surface area contributed by atoms with Gasteiger partial charge in [0, 0.05) is 4.88 Å². The minimum absolute atomic E-state index is 0.135. The molecule has 3 rings (SSSR count). The lowest BCUT2D eigenvalue weighted by atomic mass is 10.3. The first-order valence-electron chi connectivity index (χ1n) is 6.51. The molecule has 0 saturated heterocycles. The number of hydrogen-bond acceptors (Lipinski definition) is 6.